The van der Waals surface area contributed by atoms with Crippen molar-refractivity contribution in [3.8, 4) is 0 Å². The van der Waals surface area contributed by atoms with Gasteiger partial charge < -0.3 is 24.0 Å². The number of benzene rings is 2. The van der Waals surface area contributed by atoms with E-state index in [1.54, 1.807) is 0 Å². The lowest BCUT2D eigenvalue weighted by Crippen LogP contribution is -3.00. The standard InChI is InChI=1S/C19H20N.HI/c1-16-14-18-11-5-6-12-19(18)15-20(16)13-7-10-17-8-3-2-4-9-17;/h2-6,8-9,11-12,14-15H,7,10,13H2,1H3;1H/q+1;/p-1. The van der Waals surface area contributed by atoms with Crippen LogP contribution >= 0.6 is 0 Å². The highest BCUT2D eigenvalue weighted by atomic mass is 127. The molecule has 21 heavy (non-hydrogen) atoms. The Hall–Kier alpha value is -1.42. The number of nitrogens with zero attached hydrogens (tertiary/aromatic N) is 1. The summed E-state index contributed by atoms with van der Waals surface area (Å²) in [6.45, 7) is 3.26. The number of aryl methyl sites for hydroxylation is 3. The Morgan fingerprint density at radius 3 is 2.29 bits per heavy atom. The molecule has 0 spiro atoms. The largest absolute Gasteiger partial charge is 1.00 e. The molecule has 0 fully saturated rings. The third kappa shape index (κ3) is 4.03. The van der Waals surface area contributed by atoms with Crippen LogP contribution in [0.2, 0.25) is 0 Å². The minimum absolute atomic E-state index is 0. The Bertz CT molecular complexity index is 707. The van der Waals surface area contributed by atoms with E-state index in [0.29, 0.717) is 0 Å². The fourth-order valence-corrected chi connectivity index (χ4v) is 2.68. The first-order chi connectivity index (χ1) is 9.83. The SMILES string of the molecule is Cc1cc2ccccc2c[n+]1CCCc1ccccc1.[I-]. The molecule has 0 bridgehead atoms. The van der Waals surface area contributed by atoms with Gasteiger partial charge in [0.15, 0.2) is 11.9 Å². The topological polar surface area (TPSA) is 3.88 Å². The van der Waals surface area contributed by atoms with Crippen LogP contribution in [-0.2, 0) is 13.0 Å². The van der Waals surface area contributed by atoms with Gasteiger partial charge in [0.2, 0.25) is 0 Å². The summed E-state index contributed by atoms with van der Waals surface area (Å²) < 4.78 is 2.37. The molecule has 0 saturated carbocycles. The van der Waals surface area contributed by atoms with Gasteiger partial charge in [-0.05, 0) is 23.4 Å². The zero-order valence-corrected chi connectivity index (χ0v) is 14.5. The van der Waals surface area contributed by atoms with Crippen LogP contribution in [0.1, 0.15) is 17.7 Å². The predicted octanol–water partition coefficient (Wildman–Crippen LogP) is 1.07. The maximum absolute atomic E-state index is 2.37. The van der Waals surface area contributed by atoms with Gasteiger partial charge in [-0.1, -0.05) is 48.5 Å². The summed E-state index contributed by atoms with van der Waals surface area (Å²) in [5.74, 6) is 0. The van der Waals surface area contributed by atoms with Crippen LogP contribution in [0.25, 0.3) is 10.8 Å². The van der Waals surface area contributed by atoms with Gasteiger partial charge in [0.25, 0.3) is 0 Å². The van der Waals surface area contributed by atoms with Crippen molar-refractivity contribution in [1.82, 2.24) is 0 Å². The Morgan fingerprint density at radius 1 is 0.857 bits per heavy atom. The average molecular weight is 389 g/mol. The van der Waals surface area contributed by atoms with Gasteiger partial charge in [0, 0.05) is 24.8 Å². The molecule has 2 heteroatoms. The maximum atomic E-state index is 2.37. The van der Waals surface area contributed by atoms with Gasteiger partial charge >= 0.3 is 0 Å². The fourth-order valence-electron chi connectivity index (χ4n) is 2.68. The molecule has 0 amide bonds. The van der Waals surface area contributed by atoms with Crippen molar-refractivity contribution in [2.75, 3.05) is 0 Å². The summed E-state index contributed by atoms with van der Waals surface area (Å²) in [5, 5.41) is 2.64. The van der Waals surface area contributed by atoms with Crippen LogP contribution in [0.4, 0.5) is 0 Å². The molecule has 0 radical (unpaired) electrons. The molecule has 0 aliphatic carbocycles. The van der Waals surface area contributed by atoms with Crippen LogP contribution < -0.4 is 28.5 Å². The highest BCUT2D eigenvalue weighted by Gasteiger charge is 2.08. The van der Waals surface area contributed by atoms with E-state index in [9.17, 15) is 0 Å². The van der Waals surface area contributed by atoms with Crippen LogP contribution in [-0.4, -0.2) is 0 Å². The Balaban J connectivity index is 0.00000161. The van der Waals surface area contributed by atoms with Crippen LogP contribution in [0.15, 0.2) is 66.9 Å². The zero-order valence-electron chi connectivity index (χ0n) is 12.3. The summed E-state index contributed by atoms with van der Waals surface area (Å²) >= 11 is 0. The normalized spacial score (nSPS) is 10.3. The highest BCUT2D eigenvalue weighted by Crippen LogP contribution is 2.12. The van der Waals surface area contributed by atoms with Crippen LogP contribution in [0, 0.1) is 6.92 Å². The molecule has 3 rings (SSSR count). The molecule has 0 unspecified atom stereocenters. The molecule has 0 saturated heterocycles. The van der Waals surface area contributed by atoms with Gasteiger partial charge in [-0.2, -0.15) is 0 Å². The van der Waals surface area contributed by atoms with Crippen molar-refractivity contribution < 1.29 is 28.5 Å². The van der Waals surface area contributed by atoms with Gasteiger partial charge in [-0.15, -0.1) is 0 Å². The van der Waals surface area contributed by atoms with Crippen molar-refractivity contribution in [3.05, 3.63) is 78.1 Å². The maximum Gasteiger partial charge on any atom is 0.178 e. The van der Waals surface area contributed by atoms with E-state index < -0.39 is 0 Å². The van der Waals surface area contributed by atoms with E-state index in [2.05, 4.69) is 78.4 Å². The second-order valence-electron chi connectivity index (χ2n) is 5.33. The van der Waals surface area contributed by atoms with Crippen molar-refractivity contribution in [1.29, 1.82) is 0 Å². The predicted molar refractivity (Wildman–Crippen MR) is 83.6 cm³/mol. The highest BCUT2D eigenvalue weighted by molar-refractivity contribution is 5.80. The third-order valence-electron chi connectivity index (χ3n) is 3.82. The smallest absolute Gasteiger partial charge is 0.178 e. The number of fused-ring (bicyclic) bond motifs is 1. The molecule has 3 aromatic rings. The summed E-state index contributed by atoms with van der Waals surface area (Å²) in [5.41, 5.74) is 2.75. The van der Waals surface area contributed by atoms with E-state index in [-0.39, 0.29) is 24.0 Å². The van der Waals surface area contributed by atoms with Crippen LogP contribution in [0.3, 0.4) is 0 Å². The summed E-state index contributed by atoms with van der Waals surface area (Å²) in [7, 11) is 0. The molecule has 0 N–H and O–H groups in total. The van der Waals surface area contributed by atoms with Crippen molar-refractivity contribution >= 4 is 10.8 Å². The van der Waals surface area contributed by atoms with Crippen LogP contribution in [0.5, 0.6) is 0 Å². The fraction of sp³-hybridized carbons (Fsp3) is 0.211. The second kappa shape index (κ2) is 7.55. The molecule has 0 atom stereocenters. The zero-order chi connectivity index (χ0) is 13.8. The van der Waals surface area contributed by atoms with Gasteiger partial charge in [-0.25, -0.2) is 4.57 Å². The van der Waals surface area contributed by atoms with Gasteiger partial charge in [-0.3, -0.25) is 0 Å². The number of pyridine rings is 1. The quantitative estimate of drug-likeness (QED) is 0.465. The summed E-state index contributed by atoms with van der Waals surface area (Å²) in [4.78, 5) is 0. The van der Waals surface area contributed by atoms with Crippen molar-refractivity contribution in [2.45, 2.75) is 26.3 Å². The first-order valence-corrected chi connectivity index (χ1v) is 7.26. The minimum Gasteiger partial charge on any atom is -1.00 e. The number of hydrogen-bond donors (Lipinski definition) is 0. The summed E-state index contributed by atoms with van der Waals surface area (Å²) in [6.07, 6.45) is 4.59. The van der Waals surface area contributed by atoms with E-state index in [1.807, 2.05) is 0 Å². The molecule has 2 aromatic carbocycles. The molecule has 108 valence electrons. The molecule has 0 aliphatic heterocycles. The molecule has 1 nitrogen and oxygen atoms in total. The molecule has 1 heterocycles. The Morgan fingerprint density at radius 2 is 1.52 bits per heavy atom. The lowest BCUT2D eigenvalue weighted by molar-refractivity contribution is -0.701. The first kappa shape index (κ1) is 16.0. The van der Waals surface area contributed by atoms with E-state index in [0.717, 1.165) is 13.0 Å². The average Bonchev–Trinajstić information content (AvgIpc) is 2.49. The second-order valence-corrected chi connectivity index (χ2v) is 5.33. The monoisotopic (exact) mass is 389 g/mol. The minimum atomic E-state index is 0. The lowest BCUT2D eigenvalue weighted by Gasteiger charge is -2.04. The number of rotatable bonds is 4. The first-order valence-electron chi connectivity index (χ1n) is 7.26. The molecular weight excluding hydrogens is 369 g/mol. The molecule has 1 aromatic heterocycles. The molecule has 0 aliphatic rings. The van der Waals surface area contributed by atoms with E-state index in [4.69, 9.17) is 0 Å². The van der Waals surface area contributed by atoms with E-state index >= 15 is 0 Å². The number of halogens is 1. The number of hydrogen-bond acceptors (Lipinski definition) is 0. The Labute approximate surface area is 143 Å². The third-order valence-corrected chi connectivity index (χ3v) is 3.82. The number of aromatic nitrogens is 1. The molecular formula is C19H20IN. The van der Waals surface area contributed by atoms with Crippen molar-refractivity contribution in [3.63, 3.8) is 0 Å². The lowest BCUT2D eigenvalue weighted by atomic mass is 10.1. The van der Waals surface area contributed by atoms with Gasteiger partial charge in [0.05, 0.1) is 0 Å². The van der Waals surface area contributed by atoms with Gasteiger partial charge in [0.1, 0.15) is 6.54 Å². The van der Waals surface area contributed by atoms with E-state index in [1.165, 1.54) is 28.5 Å². The summed E-state index contributed by atoms with van der Waals surface area (Å²) in [6, 6.07) is 21.6. The Kier molecular flexibility index (Phi) is 5.74. The van der Waals surface area contributed by atoms with Crippen molar-refractivity contribution in [2.24, 2.45) is 0 Å².